The fourth-order valence-electron chi connectivity index (χ4n) is 1.71. The number of hydrogen-bond donors (Lipinski definition) is 0. The second-order valence-corrected chi connectivity index (χ2v) is 5.10. The number of carbonyl (C=O) groups is 1. The Labute approximate surface area is 123 Å². The fourth-order valence-corrected chi connectivity index (χ4v) is 2.58. The van der Waals surface area contributed by atoms with Crippen LogP contribution in [-0.2, 0) is 16.1 Å². The van der Waals surface area contributed by atoms with Crippen molar-refractivity contribution < 1.29 is 14.3 Å². The highest BCUT2D eigenvalue weighted by molar-refractivity contribution is 7.21. The van der Waals surface area contributed by atoms with Crippen LogP contribution in [0, 0.1) is 0 Å². The Kier molecular flexibility index (Phi) is 3.48. The molecule has 0 atom stereocenters. The van der Waals surface area contributed by atoms with Crippen molar-refractivity contribution in [3.63, 3.8) is 0 Å². The van der Waals surface area contributed by atoms with Gasteiger partial charge in [-0.05, 0) is 17.3 Å². The summed E-state index contributed by atoms with van der Waals surface area (Å²) in [6.07, 6.45) is 0. The standard InChI is InChI=1S/C12H11N5O3S/c1-19-7-3-4-9-8(5-7)13-12(21-9)11-14-16-17(15-11)6-10(18)20-2/h3-5H,6H2,1-2H3. The third-order valence-electron chi connectivity index (χ3n) is 2.74. The van der Waals surface area contributed by atoms with Gasteiger partial charge in [-0.3, -0.25) is 0 Å². The van der Waals surface area contributed by atoms with Gasteiger partial charge in [-0.1, -0.05) is 0 Å². The number of tetrazole rings is 1. The molecular weight excluding hydrogens is 294 g/mol. The SMILES string of the molecule is COC(=O)Cn1nnc(-c2nc3cc(OC)ccc3s2)n1. The molecule has 2 heterocycles. The fraction of sp³-hybridized carbons (Fsp3) is 0.250. The van der Waals surface area contributed by atoms with E-state index in [9.17, 15) is 4.79 Å². The number of rotatable bonds is 4. The van der Waals surface area contributed by atoms with E-state index < -0.39 is 5.97 Å². The zero-order valence-electron chi connectivity index (χ0n) is 11.3. The lowest BCUT2D eigenvalue weighted by Gasteiger charge is -1.96. The van der Waals surface area contributed by atoms with E-state index in [1.807, 2.05) is 18.2 Å². The Hall–Kier alpha value is -2.55. The van der Waals surface area contributed by atoms with Gasteiger partial charge in [0.1, 0.15) is 5.75 Å². The maximum Gasteiger partial charge on any atom is 0.329 e. The molecule has 0 saturated carbocycles. The van der Waals surface area contributed by atoms with Crippen molar-refractivity contribution in [3.8, 4) is 16.6 Å². The summed E-state index contributed by atoms with van der Waals surface area (Å²) in [6.45, 7) is -0.0811. The van der Waals surface area contributed by atoms with Crippen LogP contribution in [-0.4, -0.2) is 45.4 Å². The third-order valence-corrected chi connectivity index (χ3v) is 3.77. The number of fused-ring (bicyclic) bond motifs is 1. The van der Waals surface area contributed by atoms with Crippen LogP contribution in [0.15, 0.2) is 18.2 Å². The first kappa shape index (κ1) is 13.4. The highest BCUT2D eigenvalue weighted by atomic mass is 32.1. The van der Waals surface area contributed by atoms with Gasteiger partial charge in [-0.25, -0.2) is 9.78 Å². The molecule has 0 spiro atoms. The number of thiazole rings is 1. The molecule has 0 bridgehead atoms. The predicted molar refractivity (Wildman–Crippen MR) is 75.0 cm³/mol. The summed E-state index contributed by atoms with van der Waals surface area (Å²) < 4.78 is 10.7. The highest BCUT2D eigenvalue weighted by Crippen LogP contribution is 2.30. The molecule has 21 heavy (non-hydrogen) atoms. The molecule has 1 aromatic carbocycles. The van der Waals surface area contributed by atoms with E-state index >= 15 is 0 Å². The van der Waals surface area contributed by atoms with Crippen LogP contribution in [0.25, 0.3) is 21.0 Å². The molecule has 0 unspecified atom stereocenters. The molecule has 0 N–H and O–H groups in total. The summed E-state index contributed by atoms with van der Waals surface area (Å²) in [5.41, 5.74) is 0.804. The smallest absolute Gasteiger partial charge is 0.329 e. The average Bonchev–Trinajstić information content (AvgIpc) is 3.12. The Balaban J connectivity index is 1.91. The number of benzene rings is 1. The molecule has 0 aliphatic carbocycles. The van der Waals surface area contributed by atoms with E-state index in [1.165, 1.54) is 23.2 Å². The third kappa shape index (κ3) is 2.68. The van der Waals surface area contributed by atoms with Gasteiger partial charge in [0.15, 0.2) is 11.6 Å². The van der Waals surface area contributed by atoms with Crippen LogP contribution in [0.2, 0.25) is 0 Å². The van der Waals surface area contributed by atoms with Gasteiger partial charge in [-0.2, -0.15) is 4.80 Å². The Morgan fingerprint density at radius 3 is 3.00 bits per heavy atom. The number of esters is 1. The van der Waals surface area contributed by atoms with Crippen LogP contribution >= 0.6 is 11.3 Å². The number of carbonyl (C=O) groups excluding carboxylic acids is 1. The molecule has 0 aliphatic heterocycles. The molecule has 3 aromatic rings. The maximum atomic E-state index is 11.2. The van der Waals surface area contributed by atoms with Crippen molar-refractivity contribution in [3.05, 3.63) is 18.2 Å². The lowest BCUT2D eigenvalue weighted by Crippen LogP contribution is -2.14. The molecule has 3 rings (SSSR count). The first-order chi connectivity index (χ1) is 10.2. The van der Waals surface area contributed by atoms with E-state index in [0.717, 1.165) is 16.0 Å². The minimum atomic E-state index is -0.437. The Morgan fingerprint density at radius 1 is 1.38 bits per heavy atom. The summed E-state index contributed by atoms with van der Waals surface area (Å²) in [6, 6.07) is 5.63. The lowest BCUT2D eigenvalue weighted by atomic mass is 10.3. The normalized spacial score (nSPS) is 10.8. The highest BCUT2D eigenvalue weighted by Gasteiger charge is 2.13. The number of aromatic nitrogens is 5. The van der Waals surface area contributed by atoms with Crippen LogP contribution in [0.3, 0.4) is 0 Å². The van der Waals surface area contributed by atoms with Crippen LogP contribution in [0.1, 0.15) is 0 Å². The summed E-state index contributed by atoms with van der Waals surface area (Å²) in [4.78, 5) is 16.8. The predicted octanol–water partition coefficient (Wildman–Crippen LogP) is 1.13. The van der Waals surface area contributed by atoms with Crippen molar-refractivity contribution in [1.29, 1.82) is 0 Å². The molecule has 0 fully saturated rings. The molecular formula is C12H11N5O3S. The van der Waals surface area contributed by atoms with Crippen LogP contribution in [0.5, 0.6) is 5.75 Å². The van der Waals surface area contributed by atoms with Gasteiger partial charge in [0.2, 0.25) is 5.82 Å². The molecule has 0 radical (unpaired) electrons. The van der Waals surface area contributed by atoms with Gasteiger partial charge in [0, 0.05) is 6.07 Å². The zero-order chi connectivity index (χ0) is 14.8. The molecule has 0 aliphatic rings. The molecule has 2 aromatic heterocycles. The van der Waals surface area contributed by atoms with Crippen LogP contribution in [0.4, 0.5) is 0 Å². The molecule has 9 heteroatoms. The van der Waals surface area contributed by atoms with E-state index in [2.05, 4.69) is 25.1 Å². The summed E-state index contributed by atoms with van der Waals surface area (Å²) in [7, 11) is 2.91. The van der Waals surface area contributed by atoms with Gasteiger partial charge in [0.25, 0.3) is 0 Å². The average molecular weight is 305 g/mol. The second-order valence-electron chi connectivity index (χ2n) is 4.07. The summed E-state index contributed by atoms with van der Waals surface area (Å²) in [5, 5.41) is 12.5. The summed E-state index contributed by atoms with van der Waals surface area (Å²) in [5.74, 6) is 0.675. The number of methoxy groups -OCH3 is 2. The van der Waals surface area contributed by atoms with Crippen molar-refractivity contribution in [1.82, 2.24) is 25.2 Å². The van der Waals surface area contributed by atoms with Crippen molar-refractivity contribution in [2.24, 2.45) is 0 Å². The van der Waals surface area contributed by atoms with Crippen LogP contribution < -0.4 is 4.74 Å². The minimum absolute atomic E-state index is 0.0811. The maximum absolute atomic E-state index is 11.2. The Bertz CT molecular complexity index is 797. The minimum Gasteiger partial charge on any atom is -0.497 e. The lowest BCUT2D eigenvalue weighted by molar-refractivity contribution is -0.141. The van der Waals surface area contributed by atoms with E-state index in [-0.39, 0.29) is 6.54 Å². The van der Waals surface area contributed by atoms with Gasteiger partial charge in [-0.15, -0.1) is 21.5 Å². The molecule has 0 amide bonds. The van der Waals surface area contributed by atoms with Gasteiger partial charge < -0.3 is 9.47 Å². The first-order valence-corrected chi connectivity index (χ1v) is 6.81. The van der Waals surface area contributed by atoms with E-state index in [4.69, 9.17) is 4.74 Å². The molecule has 0 saturated heterocycles. The Morgan fingerprint density at radius 2 is 2.24 bits per heavy atom. The number of ether oxygens (including phenoxy) is 2. The van der Waals surface area contributed by atoms with E-state index in [1.54, 1.807) is 7.11 Å². The quantitative estimate of drug-likeness (QED) is 0.667. The zero-order valence-corrected chi connectivity index (χ0v) is 12.1. The van der Waals surface area contributed by atoms with Gasteiger partial charge >= 0.3 is 5.97 Å². The second kappa shape index (κ2) is 5.44. The molecule has 8 nitrogen and oxygen atoms in total. The van der Waals surface area contributed by atoms with Crippen molar-refractivity contribution in [2.75, 3.05) is 14.2 Å². The first-order valence-electron chi connectivity index (χ1n) is 5.99. The number of nitrogens with zero attached hydrogens (tertiary/aromatic N) is 5. The monoisotopic (exact) mass is 305 g/mol. The summed E-state index contributed by atoms with van der Waals surface area (Å²) >= 11 is 1.45. The van der Waals surface area contributed by atoms with Crippen molar-refractivity contribution >= 4 is 27.5 Å². The van der Waals surface area contributed by atoms with Crippen molar-refractivity contribution in [2.45, 2.75) is 6.54 Å². The molecule has 108 valence electrons. The topological polar surface area (TPSA) is 92.0 Å². The largest absolute Gasteiger partial charge is 0.497 e. The van der Waals surface area contributed by atoms with Gasteiger partial charge in [0.05, 0.1) is 24.4 Å². The number of hydrogen-bond acceptors (Lipinski definition) is 8. The van der Waals surface area contributed by atoms with E-state index in [0.29, 0.717) is 10.8 Å².